The summed E-state index contributed by atoms with van der Waals surface area (Å²) in [6, 6.07) is 16.2. The highest BCUT2D eigenvalue weighted by molar-refractivity contribution is 6.31. The van der Waals surface area contributed by atoms with Crippen LogP contribution >= 0.6 is 11.6 Å². The maximum absolute atomic E-state index is 12.1. The van der Waals surface area contributed by atoms with Crippen molar-refractivity contribution in [2.75, 3.05) is 6.54 Å². The predicted molar refractivity (Wildman–Crippen MR) is 108 cm³/mol. The summed E-state index contributed by atoms with van der Waals surface area (Å²) in [5, 5.41) is 0.766. The Kier molecular flexibility index (Phi) is 5.68. The summed E-state index contributed by atoms with van der Waals surface area (Å²) >= 11 is 6.56. The van der Waals surface area contributed by atoms with Crippen molar-refractivity contribution < 1.29 is 9.53 Å². The second-order valence-electron chi connectivity index (χ2n) is 7.75. The second kappa shape index (κ2) is 8.35. The first-order chi connectivity index (χ1) is 13.2. The smallest absolute Gasteiger partial charge is 0.222 e. The molecule has 0 aromatic heterocycles. The second-order valence-corrected chi connectivity index (χ2v) is 8.16. The molecule has 4 rings (SSSR count). The lowest BCUT2D eigenvalue weighted by molar-refractivity contribution is -0.130. The third-order valence-corrected chi connectivity index (χ3v) is 6.17. The molecule has 27 heavy (non-hydrogen) atoms. The highest BCUT2D eigenvalue weighted by Gasteiger charge is 2.32. The minimum absolute atomic E-state index is 0.348. The van der Waals surface area contributed by atoms with Gasteiger partial charge in [0.25, 0.3) is 0 Å². The minimum atomic E-state index is 0.348. The molecule has 2 aliphatic rings. The van der Waals surface area contributed by atoms with E-state index < -0.39 is 0 Å². The van der Waals surface area contributed by atoms with E-state index in [0.717, 1.165) is 55.2 Å². The van der Waals surface area contributed by atoms with Crippen LogP contribution in [0.2, 0.25) is 5.02 Å². The molecule has 2 aromatic carbocycles. The van der Waals surface area contributed by atoms with Crippen LogP contribution in [0.1, 0.15) is 44.1 Å². The molecule has 1 saturated carbocycles. The average molecular weight is 384 g/mol. The third-order valence-electron chi connectivity index (χ3n) is 5.82. The largest absolute Gasteiger partial charge is 0.457 e. The van der Waals surface area contributed by atoms with Gasteiger partial charge in [0.15, 0.2) is 0 Å². The van der Waals surface area contributed by atoms with E-state index in [4.69, 9.17) is 16.3 Å². The van der Waals surface area contributed by atoms with E-state index in [2.05, 4.69) is 11.0 Å². The van der Waals surface area contributed by atoms with Crippen molar-refractivity contribution in [2.24, 2.45) is 5.92 Å². The first kappa shape index (κ1) is 18.4. The van der Waals surface area contributed by atoms with Gasteiger partial charge in [-0.2, -0.15) is 0 Å². The maximum Gasteiger partial charge on any atom is 0.222 e. The van der Waals surface area contributed by atoms with E-state index in [9.17, 15) is 4.79 Å². The number of carbonyl (C=O) groups excluding carboxylic acids is 1. The lowest BCUT2D eigenvalue weighted by Crippen LogP contribution is -2.39. The number of carbonyl (C=O) groups is 1. The van der Waals surface area contributed by atoms with E-state index in [0.29, 0.717) is 17.9 Å². The van der Waals surface area contributed by atoms with Gasteiger partial charge < -0.3 is 9.64 Å². The van der Waals surface area contributed by atoms with Crippen LogP contribution in [0, 0.1) is 5.92 Å². The SMILES string of the molecule is O=C1CCCN1C1CCCC(Cc2ccc(Oc3ccccc3)cc2Cl)C1. The Balaban J connectivity index is 1.39. The lowest BCUT2D eigenvalue weighted by atomic mass is 9.81. The molecule has 0 radical (unpaired) electrons. The monoisotopic (exact) mass is 383 g/mol. The standard InChI is InChI=1S/C23H26ClNO2/c24-22-16-21(27-20-8-2-1-3-9-20)12-11-18(22)14-17-6-4-7-19(15-17)25-13-5-10-23(25)26/h1-3,8-9,11-12,16-17,19H,4-7,10,13-15H2. The molecular weight excluding hydrogens is 358 g/mol. The highest BCUT2D eigenvalue weighted by atomic mass is 35.5. The molecule has 3 nitrogen and oxygen atoms in total. The molecule has 0 spiro atoms. The van der Waals surface area contributed by atoms with E-state index in [1.165, 1.54) is 18.4 Å². The Morgan fingerprint density at radius 3 is 2.63 bits per heavy atom. The summed E-state index contributed by atoms with van der Waals surface area (Å²) in [6.45, 7) is 0.947. The van der Waals surface area contributed by atoms with Crippen LogP contribution in [-0.2, 0) is 11.2 Å². The highest BCUT2D eigenvalue weighted by Crippen LogP contribution is 2.34. The van der Waals surface area contributed by atoms with Crippen molar-refractivity contribution >= 4 is 17.5 Å². The molecular formula is C23H26ClNO2. The van der Waals surface area contributed by atoms with Gasteiger partial charge in [0.1, 0.15) is 11.5 Å². The van der Waals surface area contributed by atoms with Gasteiger partial charge in [-0.05, 0) is 67.9 Å². The molecule has 4 heteroatoms. The Labute approximate surface area is 166 Å². The summed E-state index contributed by atoms with van der Waals surface area (Å²) in [6.07, 6.45) is 7.40. The van der Waals surface area contributed by atoms with Gasteiger partial charge in [-0.3, -0.25) is 4.79 Å². The number of hydrogen-bond acceptors (Lipinski definition) is 2. The van der Waals surface area contributed by atoms with Crippen LogP contribution in [0.25, 0.3) is 0 Å². The van der Waals surface area contributed by atoms with Gasteiger partial charge in [0.2, 0.25) is 5.91 Å². The molecule has 1 aliphatic heterocycles. The number of nitrogens with zero attached hydrogens (tertiary/aromatic N) is 1. The molecule has 0 N–H and O–H groups in total. The van der Waals surface area contributed by atoms with Gasteiger partial charge in [-0.15, -0.1) is 0 Å². The number of rotatable bonds is 5. The fraction of sp³-hybridized carbons (Fsp3) is 0.435. The van der Waals surface area contributed by atoms with Crippen LogP contribution in [0.5, 0.6) is 11.5 Å². The summed E-state index contributed by atoms with van der Waals surface area (Å²) < 4.78 is 5.87. The van der Waals surface area contributed by atoms with E-state index in [1.807, 2.05) is 42.5 Å². The predicted octanol–water partition coefficient (Wildman–Crippen LogP) is 5.86. The quantitative estimate of drug-likeness (QED) is 0.647. The summed E-state index contributed by atoms with van der Waals surface area (Å²) in [4.78, 5) is 14.2. The van der Waals surface area contributed by atoms with Gasteiger partial charge in [-0.25, -0.2) is 0 Å². The number of likely N-dealkylation sites (tertiary alicyclic amines) is 1. The molecule has 1 aliphatic carbocycles. The van der Waals surface area contributed by atoms with Crippen molar-refractivity contribution in [1.29, 1.82) is 0 Å². The number of para-hydroxylation sites is 1. The van der Waals surface area contributed by atoms with Crippen molar-refractivity contribution in [1.82, 2.24) is 4.90 Å². The van der Waals surface area contributed by atoms with E-state index in [-0.39, 0.29) is 0 Å². The first-order valence-electron chi connectivity index (χ1n) is 10.00. The van der Waals surface area contributed by atoms with Gasteiger partial charge in [-0.1, -0.05) is 42.3 Å². The van der Waals surface area contributed by atoms with Crippen molar-refractivity contribution in [3.63, 3.8) is 0 Å². The molecule has 2 atom stereocenters. The molecule has 2 aromatic rings. The van der Waals surface area contributed by atoms with Crippen LogP contribution in [0.15, 0.2) is 48.5 Å². The van der Waals surface area contributed by atoms with Crippen molar-refractivity contribution in [2.45, 2.75) is 51.0 Å². The maximum atomic E-state index is 12.1. The van der Waals surface area contributed by atoms with E-state index in [1.54, 1.807) is 0 Å². The Hall–Kier alpha value is -2.00. The number of amides is 1. The summed E-state index contributed by atoms with van der Waals surface area (Å²) in [5.41, 5.74) is 1.18. The average Bonchev–Trinajstić information content (AvgIpc) is 3.11. The molecule has 0 bridgehead atoms. The topological polar surface area (TPSA) is 29.5 Å². The molecule has 142 valence electrons. The molecule has 1 saturated heterocycles. The Morgan fingerprint density at radius 1 is 1.04 bits per heavy atom. The van der Waals surface area contributed by atoms with Crippen molar-refractivity contribution in [3.05, 3.63) is 59.1 Å². The fourth-order valence-corrected chi connectivity index (χ4v) is 4.73. The normalized spacial score (nSPS) is 22.9. The lowest BCUT2D eigenvalue weighted by Gasteiger charge is -2.35. The zero-order valence-electron chi connectivity index (χ0n) is 15.6. The molecule has 2 unspecified atom stereocenters. The van der Waals surface area contributed by atoms with Crippen LogP contribution < -0.4 is 4.74 Å². The fourth-order valence-electron chi connectivity index (χ4n) is 4.48. The zero-order valence-corrected chi connectivity index (χ0v) is 16.3. The molecule has 1 heterocycles. The Morgan fingerprint density at radius 2 is 1.89 bits per heavy atom. The molecule has 1 amide bonds. The van der Waals surface area contributed by atoms with Crippen molar-refractivity contribution in [3.8, 4) is 11.5 Å². The van der Waals surface area contributed by atoms with Crippen LogP contribution in [-0.4, -0.2) is 23.4 Å². The number of halogens is 1. The first-order valence-corrected chi connectivity index (χ1v) is 10.4. The zero-order chi connectivity index (χ0) is 18.6. The minimum Gasteiger partial charge on any atom is -0.457 e. The Bertz CT molecular complexity index is 792. The van der Waals surface area contributed by atoms with Gasteiger partial charge in [0, 0.05) is 24.0 Å². The number of ether oxygens (including phenoxy) is 1. The van der Waals surface area contributed by atoms with Crippen LogP contribution in [0.4, 0.5) is 0 Å². The van der Waals surface area contributed by atoms with E-state index >= 15 is 0 Å². The summed E-state index contributed by atoms with van der Waals surface area (Å²) in [7, 11) is 0. The van der Waals surface area contributed by atoms with Crippen LogP contribution in [0.3, 0.4) is 0 Å². The van der Waals surface area contributed by atoms with Gasteiger partial charge in [0.05, 0.1) is 0 Å². The van der Waals surface area contributed by atoms with Gasteiger partial charge >= 0.3 is 0 Å². The summed E-state index contributed by atoms with van der Waals surface area (Å²) in [5.74, 6) is 2.52. The number of benzene rings is 2. The molecule has 2 fully saturated rings. The third kappa shape index (κ3) is 4.47. The number of hydrogen-bond donors (Lipinski definition) is 0.